The van der Waals surface area contributed by atoms with E-state index in [2.05, 4.69) is 24.9 Å². The van der Waals surface area contributed by atoms with E-state index in [0.29, 0.717) is 35.8 Å². The van der Waals surface area contributed by atoms with Crippen molar-refractivity contribution in [3.8, 4) is 17.5 Å². The lowest BCUT2D eigenvalue weighted by Crippen LogP contribution is -2.05. The molecule has 3 aromatic heterocycles. The van der Waals surface area contributed by atoms with Crippen molar-refractivity contribution in [3.05, 3.63) is 72.4 Å². The van der Waals surface area contributed by atoms with Gasteiger partial charge in [0.1, 0.15) is 12.1 Å². The first-order valence-corrected chi connectivity index (χ1v) is 8.83. The van der Waals surface area contributed by atoms with Crippen LogP contribution in [0.5, 0.6) is 17.5 Å². The predicted molar refractivity (Wildman–Crippen MR) is 100 cm³/mol. The first-order valence-electron chi connectivity index (χ1n) is 8.83. The highest BCUT2D eigenvalue weighted by atomic mass is 19.4. The third kappa shape index (κ3) is 4.59. The van der Waals surface area contributed by atoms with Crippen LogP contribution in [0.1, 0.15) is 11.1 Å². The van der Waals surface area contributed by atoms with Crippen molar-refractivity contribution >= 4 is 11.2 Å². The number of alkyl halides is 3. The van der Waals surface area contributed by atoms with E-state index in [4.69, 9.17) is 9.47 Å². The van der Waals surface area contributed by atoms with Crippen molar-refractivity contribution in [1.29, 1.82) is 0 Å². The van der Waals surface area contributed by atoms with Gasteiger partial charge in [-0.1, -0.05) is 12.1 Å². The van der Waals surface area contributed by atoms with E-state index in [9.17, 15) is 13.2 Å². The third-order valence-corrected chi connectivity index (χ3v) is 4.07. The highest BCUT2D eigenvalue weighted by Crippen LogP contribution is 2.31. The lowest BCUT2D eigenvalue weighted by molar-refractivity contribution is -0.137. The lowest BCUT2D eigenvalue weighted by atomic mass is 10.1. The van der Waals surface area contributed by atoms with Crippen LogP contribution in [-0.4, -0.2) is 31.5 Å². The van der Waals surface area contributed by atoms with Gasteiger partial charge in [0.15, 0.2) is 11.2 Å². The number of nitrogens with zero attached hydrogens (tertiary/aromatic N) is 5. The van der Waals surface area contributed by atoms with Gasteiger partial charge in [-0.15, -0.1) is 0 Å². The van der Waals surface area contributed by atoms with Gasteiger partial charge in [0, 0.05) is 31.1 Å². The van der Waals surface area contributed by atoms with Gasteiger partial charge in [0.05, 0.1) is 12.2 Å². The molecule has 30 heavy (non-hydrogen) atoms. The van der Waals surface area contributed by atoms with E-state index >= 15 is 0 Å². The highest BCUT2D eigenvalue weighted by Gasteiger charge is 2.31. The molecule has 0 aliphatic heterocycles. The number of fused-ring (bicyclic) bond motifs is 1. The summed E-state index contributed by atoms with van der Waals surface area (Å²) in [6, 6.07) is 8.65. The average molecular weight is 413 g/mol. The molecule has 0 atom stereocenters. The normalized spacial score (nSPS) is 11.4. The van der Waals surface area contributed by atoms with Crippen molar-refractivity contribution in [3.63, 3.8) is 0 Å². The van der Waals surface area contributed by atoms with Crippen molar-refractivity contribution in [1.82, 2.24) is 24.9 Å². The van der Waals surface area contributed by atoms with E-state index < -0.39 is 11.7 Å². The van der Waals surface area contributed by atoms with E-state index in [0.717, 1.165) is 23.9 Å². The highest BCUT2D eigenvalue weighted by molar-refractivity contribution is 5.74. The second kappa shape index (κ2) is 8.27. The molecule has 152 valence electrons. The summed E-state index contributed by atoms with van der Waals surface area (Å²) in [5.74, 6) is 0.602. The first kappa shape index (κ1) is 19.5. The second-order valence-electron chi connectivity index (χ2n) is 6.13. The molecule has 0 aliphatic carbocycles. The van der Waals surface area contributed by atoms with Gasteiger partial charge in [-0.2, -0.15) is 18.2 Å². The Bertz CT molecular complexity index is 1150. The molecule has 1 aromatic carbocycles. The summed E-state index contributed by atoms with van der Waals surface area (Å²) in [7, 11) is 0. The molecular formula is C20H14F3N5O2. The van der Waals surface area contributed by atoms with Gasteiger partial charge in [-0.25, -0.2) is 19.9 Å². The van der Waals surface area contributed by atoms with Crippen molar-refractivity contribution in [2.45, 2.75) is 12.6 Å². The number of hydrogen-bond acceptors (Lipinski definition) is 7. The Kier molecular flexibility index (Phi) is 5.38. The summed E-state index contributed by atoms with van der Waals surface area (Å²) in [5, 5.41) is 0. The molecule has 0 radical (unpaired) electrons. The fourth-order valence-corrected chi connectivity index (χ4v) is 2.63. The second-order valence-corrected chi connectivity index (χ2v) is 6.13. The summed E-state index contributed by atoms with van der Waals surface area (Å²) < 4.78 is 49.4. The standard InChI is InChI=1S/C20H14F3N5O2/c21-20(22,23)14-5-7-24-16(11-14)30-15-3-1-13(2-4-15)6-10-29-19-17-18(27-12-28-19)26-9-8-25-17/h1-5,7-9,11-12H,6,10H2. The van der Waals surface area contributed by atoms with Gasteiger partial charge < -0.3 is 9.47 Å². The summed E-state index contributed by atoms with van der Waals surface area (Å²) >= 11 is 0. The van der Waals surface area contributed by atoms with Crippen LogP contribution in [0.25, 0.3) is 11.2 Å². The number of hydrogen-bond donors (Lipinski definition) is 0. The molecule has 7 nitrogen and oxygen atoms in total. The van der Waals surface area contributed by atoms with Crippen molar-refractivity contribution in [2.24, 2.45) is 0 Å². The first-order chi connectivity index (χ1) is 14.5. The number of ether oxygens (including phenoxy) is 2. The van der Waals surface area contributed by atoms with Crippen molar-refractivity contribution in [2.75, 3.05) is 6.61 Å². The number of pyridine rings is 1. The maximum Gasteiger partial charge on any atom is 0.416 e. The molecule has 0 unspecified atom stereocenters. The molecule has 0 N–H and O–H groups in total. The number of benzene rings is 1. The molecule has 0 amide bonds. The fraction of sp³-hybridized carbons (Fsp3) is 0.150. The van der Waals surface area contributed by atoms with Crippen LogP contribution in [0, 0.1) is 0 Å². The predicted octanol–water partition coefficient (Wildman–Crippen LogP) is 4.25. The Morgan fingerprint density at radius 2 is 1.63 bits per heavy atom. The maximum absolute atomic E-state index is 12.8. The van der Waals surface area contributed by atoms with E-state index in [1.165, 1.54) is 18.7 Å². The van der Waals surface area contributed by atoms with Crippen molar-refractivity contribution < 1.29 is 22.6 Å². The molecule has 0 saturated heterocycles. The summed E-state index contributed by atoms with van der Waals surface area (Å²) in [5.41, 5.74) is 1.07. The van der Waals surface area contributed by atoms with E-state index in [-0.39, 0.29) is 5.88 Å². The zero-order valence-electron chi connectivity index (χ0n) is 15.4. The molecule has 0 bridgehead atoms. The quantitative estimate of drug-likeness (QED) is 0.467. The molecule has 4 aromatic rings. The maximum atomic E-state index is 12.8. The van der Waals surface area contributed by atoms with Crippen LogP contribution in [0.4, 0.5) is 13.2 Å². The largest absolute Gasteiger partial charge is 0.476 e. The Morgan fingerprint density at radius 1 is 0.833 bits per heavy atom. The fourth-order valence-electron chi connectivity index (χ4n) is 2.63. The summed E-state index contributed by atoms with van der Waals surface area (Å²) in [4.78, 5) is 20.2. The lowest BCUT2D eigenvalue weighted by Gasteiger charge is -2.10. The van der Waals surface area contributed by atoms with Crippen LogP contribution in [0.15, 0.2) is 61.3 Å². The smallest absolute Gasteiger partial charge is 0.416 e. The number of rotatable bonds is 6. The molecular weight excluding hydrogens is 399 g/mol. The number of aromatic nitrogens is 5. The Morgan fingerprint density at radius 3 is 2.43 bits per heavy atom. The minimum atomic E-state index is -4.45. The van der Waals surface area contributed by atoms with E-state index in [1.54, 1.807) is 24.3 Å². The zero-order valence-corrected chi connectivity index (χ0v) is 15.4. The van der Waals surface area contributed by atoms with Gasteiger partial charge in [0.25, 0.3) is 0 Å². The van der Waals surface area contributed by atoms with Crippen LogP contribution in [-0.2, 0) is 12.6 Å². The van der Waals surface area contributed by atoms with E-state index in [1.807, 2.05) is 0 Å². The van der Waals surface area contributed by atoms with Gasteiger partial charge in [-0.05, 0) is 23.8 Å². The zero-order chi connectivity index (χ0) is 21.0. The molecule has 0 saturated carbocycles. The van der Waals surface area contributed by atoms with Crippen LogP contribution in [0.2, 0.25) is 0 Å². The Labute approximate surface area is 168 Å². The van der Waals surface area contributed by atoms with Gasteiger partial charge in [-0.3, -0.25) is 0 Å². The molecule has 3 heterocycles. The topological polar surface area (TPSA) is 82.9 Å². The molecule has 0 aliphatic rings. The Hall–Kier alpha value is -3.82. The summed E-state index contributed by atoms with van der Waals surface area (Å²) in [6.07, 6.45) is 1.62. The Balaban J connectivity index is 1.36. The minimum Gasteiger partial charge on any atom is -0.476 e. The monoisotopic (exact) mass is 413 g/mol. The molecule has 4 rings (SSSR count). The average Bonchev–Trinajstić information content (AvgIpc) is 2.75. The van der Waals surface area contributed by atoms with Crippen LogP contribution in [0.3, 0.4) is 0 Å². The summed E-state index contributed by atoms with van der Waals surface area (Å²) in [6.45, 7) is 0.345. The molecule has 0 fully saturated rings. The molecule has 0 spiro atoms. The SMILES string of the molecule is FC(F)(F)c1ccnc(Oc2ccc(CCOc3ncnc4nccnc34)cc2)c1. The van der Waals surface area contributed by atoms with Gasteiger partial charge >= 0.3 is 6.18 Å². The molecule has 10 heteroatoms. The van der Waals surface area contributed by atoms with Crippen LogP contribution >= 0.6 is 0 Å². The minimum absolute atomic E-state index is 0.127. The number of halogens is 3. The third-order valence-electron chi connectivity index (χ3n) is 4.07. The van der Waals surface area contributed by atoms with Crippen LogP contribution < -0.4 is 9.47 Å². The van der Waals surface area contributed by atoms with Gasteiger partial charge in [0.2, 0.25) is 11.8 Å².